The summed E-state index contributed by atoms with van der Waals surface area (Å²) in [5.41, 5.74) is 3.81. The van der Waals surface area contributed by atoms with Crippen molar-refractivity contribution in [3.05, 3.63) is 29.3 Å². The van der Waals surface area contributed by atoms with Gasteiger partial charge >= 0.3 is 5.97 Å². The molecule has 0 aliphatic rings. The summed E-state index contributed by atoms with van der Waals surface area (Å²) in [6.45, 7) is 1.91. The predicted octanol–water partition coefficient (Wildman–Crippen LogP) is 0.538. The molecule has 14 heavy (non-hydrogen) atoms. The molecular formula is C10H14NO3+. The van der Waals surface area contributed by atoms with Gasteiger partial charge in [0, 0.05) is 5.56 Å². The zero-order valence-corrected chi connectivity index (χ0v) is 8.53. The minimum absolute atomic E-state index is 0.350. The van der Waals surface area contributed by atoms with E-state index in [-0.39, 0.29) is 5.97 Å². The fourth-order valence-corrected chi connectivity index (χ4v) is 1.24. The normalized spacial score (nSPS) is 9.93. The molecule has 0 bridgehead atoms. The van der Waals surface area contributed by atoms with Crippen LogP contribution in [0.15, 0.2) is 18.2 Å². The van der Waals surface area contributed by atoms with Gasteiger partial charge < -0.3 is 4.74 Å². The largest absolute Gasteiger partial charge is 0.465 e. The van der Waals surface area contributed by atoms with Gasteiger partial charge in [0.1, 0.15) is 5.56 Å². The van der Waals surface area contributed by atoms with Gasteiger partial charge in [-0.25, -0.2) is 9.63 Å². The Morgan fingerprint density at radius 1 is 1.36 bits per heavy atom. The van der Waals surface area contributed by atoms with E-state index < -0.39 is 0 Å². The van der Waals surface area contributed by atoms with Crippen LogP contribution in [0.2, 0.25) is 0 Å². The van der Waals surface area contributed by atoms with Crippen molar-refractivity contribution in [2.24, 2.45) is 0 Å². The van der Waals surface area contributed by atoms with Crippen LogP contribution >= 0.6 is 0 Å². The topological polar surface area (TPSA) is 52.1 Å². The van der Waals surface area contributed by atoms with Crippen LogP contribution in [0.25, 0.3) is 0 Å². The highest BCUT2D eigenvalue weighted by molar-refractivity contribution is 5.94. The Hall–Kier alpha value is -1.39. The summed E-state index contributed by atoms with van der Waals surface area (Å²) in [6.07, 6.45) is 0. The number of hydrogen-bond acceptors (Lipinski definition) is 3. The molecule has 0 aliphatic heterocycles. The van der Waals surface area contributed by atoms with Gasteiger partial charge in [-0.3, -0.25) is 0 Å². The SMILES string of the molecule is CO[NH2+]c1c(C)cccc1C(=O)OC. The van der Waals surface area contributed by atoms with E-state index in [1.807, 2.05) is 19.1 Å². The van der Waals surface area contributed by atoms with E-state index in [1.54, 1.807) is 18.7 Å². The van der Waals surface area contributed by atoms with Gasteiger partial charge in [0.25, 0.3) is 0 Å². The second-order valence-electron chi connectivity index (χ2n) is 2.88. The number of aryl methyl sites for hydroxylation is 1. The summed E-state index contributed by atoms with van der Waals surface area (Å²) >= 11 is 0. The molecule has 0 atom stereocenters. The van der Waals surface area contributed by atoms with Gasteiger partial charge in [0.2, 0.25) is 0 Å². The lowest BCUT2D eigenvalue weighted by Crippen LogP contribution is -2.76. The number of methoxy groups -OCH3 is 1. The Bertz CT molecular complexity index is 336. The molecule has 0 unspecified atom stereocenters. The van der Waals surface area contributed by atoms with Crippen molar-refractivity contribution < 1.29 is 19.8 Å². The first-order valence-corrected chi connectivity index (χ1v) is 4.24. The van der Waals surface area contributed by atoms with Crippen molar-refractivity contribution in [1.29, 1.82) is 0 Å². The highest BCUT2D eigenvalue weighted by Crippen LogP contribution is 2.15. The maximum absolute atomic E-state index is 11.4. The van der Waals surface area contributed by atoms with Crippen molar-refractivity contribution >= 4 is 11.7 Å². The van der Waals surface area contributed by atoms with Crippen molar-refractivity contribution in [2.45, 2.75) is 6.92 Å². The number of rotatable bonds is 3. The highest BCUT2D eigenvalue weighted by Gasteiger charge is 2.16. The average molecular weight is 196 g/mol. The van der Waals surface area contributed by atoms with E-state index in [2.05, 4.69) is 4.74 Å². The number of ether oxygens (including phenoxy) is 1. The summed E-state index contributed by atoms with van der Waals surface area (Å²) in [5, 5.41) is 0. The minimum atomic E-state index is -0.350. The predicted molar refractivity (Wildman–Crippen MR) is 51.1 cm³/mol. The fraction of sp³-hybridized carbons (Fsp3) is 0.300. The van der Waals surface area contributed by atoms with E-state index in [1.165, 1.54) is 7.11 Å². The van der Waals surface area contributed by atoms with Crippen molar-refractivity contribution in [1.82, 2.24) is 0 Å². The van der Waals surface area contributed by atoms with Crippen LogP contribution in [0.1, 0.15) is 15.9 Å². The summed E-state index contributed by atoms with van der Waals surface area (Å²) < 4.78 is 4.66. The molecule has 0 spiro atoms. The number of benzene rings is 1. The summed E-state index contributed by atoms with van der Waals surface area (Å²) in [5.74, 6) is -0.350. The first-order chi connectivity index (χ1) is 6.70. The van der Waals surface area contributed by atoms with Gasteiger partial charge in [0.15, 0.2) is 5.69 Å². The molecule has 1 aromatic rings. The molecule has 1 aromatic carbocycles. The second-order valence-corrected chi connectivity index (χ2v) is 2.88. The second kappa shape index (κ2) is 4.74. The third-order valence-corrected chi connectivity index (χ3v) is 1.97. The van der Waals surface area contributed by atoms with Crippen LogP contribution in [-0.2, 0) is 9.57 Å². The van der Waals surface area contributed by atoms with Gasteiger partial charge in [-0.1, -0.05) is 12.1 Å². The lowest BCUT2D eigenvalue weighted by Gasteiger charge is -2.06. The molecule has 0 radical (unpaired) electrons. The Balaban J connectivity index is 3.13. The monoisotopic (exact) mass is 196 g/mol. The Labute approximate surface area is 82.8 Å². The van der Waals surface area contributed by atoms with E-state index in [4.69, 9.17) is 4.84 Å². The maximum Gasteiger partial charge on any atom is 0.344 e. The number of carbonyl (C=O) groups excluding carboxylic acids is 1. The first kappa shape index (κ1) is 10.7. The van der Waals surface area contributed by atoms with Gasteiger partial charge in [0.05, 0.1) is 14.2 Å². The zero-order chi connectivity index (χ0) is 10.6. The quantitative estimate of drug-likeness (QED) is 0.436. The van der Waals surface area contributed by atoms with E-state index >= 15 is 0 Å². The molecule has 1 rings (SSSR count). The molecule has 0 aromatic heterocycles. The Morgan fingerprint density at radius 3 is 2.64 bits per heavy atom. The Morgan fingerprint density at radius 2 is 2.07 bits per heavy atom. The molecule has 76 valence electrons. The molecule has 0 amide bonds. The fourth-order valence-electron chi connectivity index (χ4n) is 1.24. The summed E-state index contributed by atoms with van der Waals surface area (Å²) in [6, 6.07) is 5.44. The van der Waals surface area contributed by atoms with Crippen LogP contribution in [0, 0.1) is 6.92 Å². The molecule has 4 heteroatoms. The number of nitrogens with two attached hydrogens (primary N) is 1. The lowest BCUT2D eigenvalue weighted by molar-refractivity contribution is -0.830. The number of quaternary nitrogens is 1. The smallest absolute Gasteiger partial charge is 0.344 e. The zero-order valence-electron chi connectivity index (χ0n) is 8.53. The summed E-state index contributed by atoms with van der Waals surface area (Å²) in [7, 11) is 2.91. The molecule has 0 saturated heterocycles. The average Bonchev–Trinajstić information content (AvgIpc) is 2.20. The van der Waals surface area contributed by atoms with Gasteiger partial charge in [-0.15, -0.1) is 0 Å². The lowest BCUT2D eigenvalue weighted by atomic mass is 10.1. The minimum Gasteiger partial charge on any atom is -0.465 e. The van der Waals surface area contributed by atoms with Crippen LogP contribution in [0.3, 0.4) is 0 Å². The summed E-state index contributed by atoms with van der Waals surface area (Å²) in [4.78, 5) is 16.3. The third kappa shape index (κ3) is 2.10. The highest BCUT2D eigenvalue weighted by atomic mass is 16.6. The first-order valence-electron chi connectivity index (χ1n) is 4.24. The molecule has 0 aliphatic carbocycles. The van der Waals surface area contributed by atoms with E-state index in [9.17, 15) is 4.79 Å². The van der Waals surface area contributed by atoms with Crippen molar-refractivity contribution in [3.63, 3.8) is 0 Å². The molecule has 0 fully saturated rings. The van der Waals surface area contributed by atoms with Crippen LogP contribution in [0.5, 0.6) is 0 Å². The van der Waals surface area contributed by atoms with E-state index in [0.717, 1.165) is 11.3 Å². The third-order valence-electron chi connectivity index (χ3n) is 1.97. The molecule has 2 N–H and O–H groups in total. The standard InChI is InChI=1S/C10H13NO3/c1-7-5-4-6-8(10(12)13-2)9(7)11-14-3/h4-6,11H,1-3H3/p+1. The Kier molecular flexibility index (Phi) is 3.62. The van der Waals surface area contributed by atoms with Crippen molar-refractivity contribution in [2.75, 3.05) is 14.2 Å². The van der Waals surface area contributed by atoms with Gasteiger partial charge in [-0.05, 0) is 13.0 Å². The van der Waals surface area contributed by atoms with Crippen LogP contribution in [0.4, 0.5) is 5.69 Å². The number of hydrogen-bond donors (Lipinski definition) is 1. The molecule has 0 heterocycles. The number of carbonyl (C=O) groups is 1. The molecule has 4 nitrogen and oxygen atoms in total. The van der Waals surface area contributed by atoms with Crippen LogP contribution < -0.4 is 5.48 Å². The van der Waals surface area contributed by atoms with Crippen molar-refractivity contribution in [3.8, 4) is 0 Å². The van der Waals surface area contributed by atoms with E-state index in [0.29, 0.717) is 5.56 Å². The van der Waals surface area contributed by atoms with Gasteiger partial charge in [-0.2, -0.15) is 5.48 Å². The number of esters is 1. The maximum atomic E-state index is 11.4. The molecular weight excluding hydrogens is 182 g/mol. The molecule has 0 saturated carbocycles. The van der Waals surface area contributed by atoms with Crippen LogP contribution in [-0.4, -0.2) is 20.2 Å².